The number of hydrogen-bond acceptors (Lipinski definition) is 2. The summed E-state index contributed by atoms with van der Waals surface area (Å²) in [7, 11) is 0. The Balaban J connectivity index is 1.99. The van der Waals surface area contributed by atoms with E-state index in [2.05, 4.69) is 5.32 Å². The molecule has 0 saturated carbocycles. The van der Waals surface area contributed by atoms with Crippen LogP contribution in [0.3, 0.4) is 0 Å². The van der Waals surface area contributed by atoms with Crippen LogP contribution >= 0.6 is 0 Å². The number of halogens is 3. The minimum atomic E-state index is -4.34. The molecule has 1 amide bonds. The molecule has 116 valence electrons. The molecular formula is C15H19F3N2O. The van der Waals surface area contributed by atoms with Crippen molar-refractivity contribution in [3.63, 3.8) is 0 Å². The quantitative estimate of drug-likeness (QED) is 0.910. The van der Waals surface area contributed by atoms with Crippen molar-refractivity contribution in [2.45, 2.75) is 38.5 Å². The van der Waals surface area contributed by atoms with E-state index in [1.54, 1.807) is 4.90 Å². The number of benzene rings is 1. The van der Waals surface area contributed by atoms with Crippen molar-refractivity contribution in [3.05, 3.63) is 35.4 Å². The van der Waals surface area contributed by atoms with Crippen molar-refractivity contribution in [3.8, 4) is 0 Å². The largest absolute Gasteiger partial charge is 0.416 e. The number of piperazine rings is 1. The third-order valence-corrected chi connectivity index (χ3v) is 3.55. The maximum absolute atomic E-state index is 12.5. The maximum Gasteiger partial charge on any atom is 0.416 e. The molecule has 1 heterocycles. The standard InChI is InChI=1S/C15H19F3N2O/c1-10-8-20(9-11(2)19-10)14(21)7-12-3-5-13(6-4-12)15(16,17)18/h3-6,10-11,19H,7-9H2,1-2H3/t10-,11+. The van der Waals surface area contributed by atoms with Crippen LogP contribution in [-0.4, -0.2) is 36.0 Å². The second kappa shape index (κ2) is 6.05. The summed E-state index contributed by atoms with van der Waals surface area (Å²) in [5.74, 6) is -0.0463. The monoisotopic (exact) mass is 300 g/mol. The Morgan fingerprint density at radius 2 is 1.71 bits per heavy atom. The molecule has 0 aliphatic carbocycles. The van der Waals surface area contributed by atoms with Crippen LogP contribution in [0, 0.1) is 0 Å². The molecular weight excluding hydrogens is 281 g/mol. The molecule has 2 atom stereocenters. The Morgan fingerprint density at radius 1 is 1.19 bits per heavy atom. The zero-order chi connectivity index (χ0) is 15.6. The molecule has 1 aliphatic rings. The van der Waals surface area contributed by atoms with E-state index in [1.165, 1.54) is 12.1 Å². The van der Waals surface area contributed by atoms with Gasteiger partial charge in [-0.2, -0.15) is 13.2 Å². The van der Waals surface area contributed by atoms with Crippen LogP contribution in [0.5, 0.6) is 0 Å². The van der Waals surface area contributed by atoms with E-state index in [0.29, 0.717) is 18.7 Å². The molecule has 3 nitrogen and oxygen atoms in total. The first-order valence-corrected chi connectivity index (χ1v) is 6.95. The van der Waals surface area contributed by atoms with Crippen molar-refractivity contribution in [1.29, 1.82) is 0 Å². The summed E-state index contributed by atoms with van der Waals surface area (Å²) in [6.45, 7) is 5.27. The summed E-state index contributed by atoms with van der Waals surface area (Å²) < 4.78 is 37.4. The first-order valence-electron chi connectivity index (χ1n) is 6.95. The third kappa shape index (κ3) is 4.20. The fourth-order valence-electron chi connectivity index (χ4n) is 2.63. The minimum Gasteiger partial charge on any atom is -0.339 e. The third-order valence-electron chi connectivity index (χ3n) is 3.55. The number of carbonyl (C=O) groups excluding carboxylic acids is 1. The second-order valence-electron chi connectivity index (χ2n) is 5.64. The molecule has 0 unspecified atom stereocenters. The SMILES string of the molecule is C[C@@H]1CN(C(=O)Cc2ccc(C(F)(F)F)cc2)C[C@H](C)N1. The van der Waals surface area contributed by atoms with Crippen molar-refractivity contribution in [1.82, 2.24) is 10.2 Å². The Hall–Kier alpha value is -1.56. The lowest BCUT2D eigenvalue weighted by atomic mass is 10.1. The number of rotatable bonds is 2. The number of hydrogen-bond donors (Lipinski definition) is 1. The summed E-state index contributed by atoms with van der Waals surface area (Å²) in [6, 6.07) is 5.23. The zero-order valence-electron chi connectivity index (χ0n) is 12.1. The molecule has 21 heavy (non-hydrogen) atoms. The first-order chi connectivity index (χ1) is 9.75. The minimum absolute atomic E-state index is 0.0463. The van der Waals surface area contributed by atoms with Crippen molar-refractivity contribution >= 4 is 5.91 Å². The van der Waals surface area contributed by atoms with Crippen LogP contribution in [0.2, 0.25) is 0 Å². The van der Waals surface area contributed by atoms with E-state index in [0.717, 1.165) is 12.1 Å². The van der Waals surface area contributed by atoms with Gasteiger partial charge >= 0.3 is 6.18 Å². The van der Waals surface area contributed by atoms with Crippen molar-refractivity contribution in [2.24, 2.45) is 0 Å². The van der Waals surface area contributed by atoms with Gasteiger partial charge in [-0.3, -0.25) is 4.79 Å². The number of carbonyl (C=O) groups is 1. The number of nitrogens with zero attached hydrogens (tertiary/aromatic N) is 1. The fourth-order valence-corrected chi connectivity index (χ4v) is 2.63. The van der Waals surface area contributed by atoms with Gasteiger partial charge in [0.05, 0.1) is 12.0 Å². The molecule has 0 bridgehead atoms. The summed E-state index contributed by atoms with van der Waals surface area (Å²) >= 11 is 0. The highest BCUT2D eigenvalue weighted by atomic mass is 19.4. The van der Waals surface area contributed by atoms with Gasteiger partial charge in [0.2, 0.25) is 5.91 Å². The van der Waals surface area contributed by atoms with Crippen molar-refractivity contribution in [2.75, 3.05) is 13.1 Å². The van der Waals surface area contributed by atoms with E-state index < -0.39 is 11.7 Å². The lowest BCUT2D eigenvalue weighted by molar-refractivity contribution is -0.137. The van der Waals surface area contributed by atoms with Crippen LogP contribution in [0.25, 0.3) is 0 Å². The lowest BCUT2D eigenvalue weighted by Crippen LogP contribution is -2.56. The first kappa shape index (κ1) is 15.8. The van der Waals surface area contributed by atoms with E-state index in [4.69, 9.17) is 0 Å². The van der Waals surface area contributed by atoms with Crippen LogP contribution in [0.1, 0.15) is 25.0 Å². The molecule has 6 heteroatoms. The van der Waals surface area contributed by atoms with Gasteiger partial charge in [-0.1, -0.05) is 12.1 Å². The highest BCUT2D eigenvalue weighted by Gasteiger charge is 2.30. The molecule has 1 aliphatic heterocycles. The summed E-state index contributed by atoms with van der Waals surface area (Å²) in [6.07, 6.45) is -4.20. The van der Waals surface area contributed by atoms with Gasteiger partial charge in [0.1, 0.15) is 0 Å². The van der Waals surface area contributed by atoms with Gasteiger partial charge in [-0.25, -0.2) is 0 Å². The maximum atomic E-state index is 12.5. The molecule has 1 fully saturated rings. The smallest absolute Gasteiger partial charge is 0.339 e. The predicted molar refractivity (Wildman–Crippen MR) is 73.8 cm³/mol. The van der Waals surface area contributed by atoms with Gasteiger partial charge in [0, 0.05) is 25.2 Å². The Bertz CT molecular complexity index is 489. The number of alkyl halides is 3. The Kier molecular flexibility index (Phi) is 4.56. The predicted octanol–water partition coefficient (Wildman–Crippen LogP) is 2.46. The average Bonchev–Trinajstić information content (AvgIpc) is 2.37. The zero-order valence-corrected chi connectivity index (χ0v) is 12.1. The summed E-state index contributed by atoms with van der Waals surface area (Å²) in [5, 5.41) is 3.33. The number of nitrogens with one attached hydrogen (secondary N) is 1. The molecule has 0 spiro atoms. The Morgan fingerprint density at radius 3 is 2.19 bits per heavy atom. The molecule has 1 aromatic carbocycles. The van der Waals surface area contributed by atoms with Gasteiger partial charge in [0.15, 0.2) is 0 Å². The number of amides is 1. The molecule has 1 saturated heterocycles. The molecule has 1 aromatic rings. The normalized spacial score (nSPS) is 23.2. The topological polar surface area (TPSA) is 32.3 Å². The second-order valence-corrected chi connectivity index (χ2v) is 5.64. The average molecular weight is 300 g/mol. The van der Waals surface area contributed by atoms with Crippen LogP contribution < -0.4 is 5.32 Å². The highest BCUT2D eigenvalue weighted by Crippen LogP contribution is 2.29. The van der Waals surface area contributed by atoms with E-state index in [9.17, 15) is 18.0 Å². The highest BCUT2D eigenvalue weighted by molar-refractivity contribution is 5.79. The van der Waals surface area contributed by atoms with Gasteiger partial charge in [-0.05, 0) is 31.5 Å². The van der Waals surface area contributed by atoms with Crippen LogP contribution in [0.4, 0.5) is 13.2 Å². The Labute approximate surface area is 122 Å². The van der Waals surface area contributed by atoms with Gasteiger partial charge < -0.3 is 10.2 Å². The summed E-state index contributed by atoms with van der Waals surface area (Å²) in [4.78, 5) is 14.0. The van der Waals surface area contributed by atoms with Crippen LogP contribution in [0.15, 0.2) is 24.3 Å². The lowest BCUT2D eigenvalue weighted by Gasteiger charge is -2.36. The van der Waals surface area contributed by atoms with Crippen LogP contribution in [-0.2, 0) is 17.4 Å². The fraction of sp³-hybridized carbons (Fsp3) is 0.533. The van der Waals surface area contributed by atoms with E-state index in [-0.39, 0.29) is 24.4 Å². The van der Waals surface area contributed by atoms with Gasteiger partial charge in [-0.15, -0.1) is 0 Å². The summed E-state index contributed by atoms with van der Waals surface area (Å²) in [5.41, 5.74) is -0.0880. The molecule has 0 radical (unpaired) electrons. The molecule has 2 rings (SSSR count). The molecule has 0 aromatic heterocycles. The van der Waals surface area contributed by atoms with E-state index >= 15 is 0 Å². The van der Waals surface area contributed by atoms with Gasteiger partial charge in [0.25, 0.3) is 0 Å². The molecule has 1 N–H and O–H groups in total. The van der Waals surface area contributed by atoms with Crippen molar-refractivity contribution < 1.29 is 18.0 Å². The van der Waals surface area contributed by atoms with E-state index in [1.807, 2.05) is 13.8 Å².